The van der Waals surface area contributed by atoms with Crippen molar-refractivity contribution in [2.24, 2.45) is 10.7 Å². The van der Waals surface area contributed by atoms with Crippen LogP contribution in [-0.4, -0.2) is 43.5 Å². The standard InChI is InChI=1S/C22H46N3/c1-2-3-4-5-6-7-8-9-10-11-12-13-14-15-16-19-25(20-17-23)21-18-24-22-25/h22H,2-21,23H2,1H3/q+1. The Hall–Kier alpha value is -0.410. The van der Waals surface area contributed by atoms with Gasteiger partial charge in [0.1, 0.15) is 6.54 Å². The largest absolute Gasteiger partial charge is 0.326 e. The fraction of sp³-hybridized carbons (Fsp3) is 0.955. The van der Waals surface area contributed by atoms with Gasteiger partial charge in [0, 0.05) is 6.54 Å². The van der Waals surface area contributed by atoms with Crippen molar-refractivity contribution in [3.63, 3.8) is 0 Å². The van der Waals surface area contributed by atoms with Crippen LogP contribution in [0.25, 0.3) is 0 Å². The maximum absolute atomic E-state index is 5.77. The van der Waals surface area contributed by atoms with Crippen molar-refractivity contribution in [3.8, 4) is 0 Å². The fourth-order valence-corrected chi connectivity index (χ4v) is 4.05. The molecule has 0 fully saturated rings. The lowest BCUT2D eigenvalue weighted by Crippen LogP contribution is -2.49. The first kappa shape index (κ1) is 22.6. The van der Waals surface area contributed by atoms with Crippen LogP contribution in [0.1, 0.15) is 103 Å². The molecule has 1 heterocycles. The summed E-state index contributed by atoms with van der Waals surface area (Å²) in [6, 6.07) is 0. The van der Waals surface area contributed by atoms with Crippen LogP contribution in [-0.2, 0) is 0 Å². The van der Waals surface area contributed by atoms with Crippen molar-refractivity contribution in [2.75, 3.05) is 32.7 Å². The van der Waals surface area contributed by atoms with Gasteiger partial charge in [-0.15, -0.1) is 0 Å². The molecule has 0 aliphatic carbocycles. The summed E-state index contributed by atoms with van der Waals surface area (Å²) in [7, 11) is 0. The summed E-state index contributed by atoms with van der Waals surface area (Å²) in [5.41, 5.74) is 5.77. The lowest BCUT2D eigenvalue weighted by atomic mass is 10.0. The van der Waals surface area contributed by atoms with E-state index in [1.807, 2.05) is 0 Å². The zero-order chi connectivity index (χ0) is 18.1. The molecule has 0 aromatic heterocycles. The fourth-order valence-electron chi connectivity index (χ4n) is 4.05. The molecule has 0 spiro atoms. The molecule has 0 saturated carbocycles. The van der Waals surface area contributed by atoms with E-state index in [1.54, 1.807) is 0 Å². The summed E-state index contributed by atoms with van der Waals surface area (Å²) in [6.07, 6.45) is 23.7. The Kier molecular flexibility index (Phi) is 14.3. The number of hydrogen-bond acceptors (Lipinski definition) is 2. The molecule has 0 amide bonds. The van der Waals surface area contributed by atoms with Crippen molar-refractivity contribution >= 4 is 6.34 Å². The highest BCUT2D eigenvalue weighted by Crippen LogP contribution is 2.15. The van der Waals surface area contributed by atoms with E-state index in [9.17, 15) is 0 Å². The Balaban J connectivity index is 1.79. The zero-order valence-corrected chi connectivity index (χ0v) is 17.2. The van der Waals surface area contributed by atoms with Crippen LogP contribution in [0.15, 0.2) is 4.99 Å². The Morgan fingerprint density at radius 2 is 1.20 bits per heavy atom. The second-order valence-electron chi connectivity index (χ2n) is 8.15. The summed E-state index contributed by atoms with van der Waals surface area (Å²) in [5.74, 6) is 0. The quantitative estimate of drug-likeness (QED) is 0.250. The van der Waals surface area contributed by atoms with Crippen LogP contribution in [0, 0.1) is 0 Å². The lowest BCUT2D eigenvalue weighted by molar-refractivity contribution is -0.827. The van der Waals surface area contributed by atoms with Crippen molar-refractivity contribution in [1.82, 2.24) is 0 Å². The van der Waals surface area contributed by atoms with Crippen LogP contribution in [0.3, 0.4) is 0 Å². The number of unbranched alkanes of at least 4 members (excludes halogenated alkanes) is 14. The molecule has 2 N–H and O–H groups in total. The van der Waals surface area contributed by atoms with E-state index in [1.165, 1.54) is 109 Å². The van der Waals surface area contributed by atoms with Gasteiger partial charge in [-0.25, -0.2) is 4.99 Å². The first-order valence-corrected chi connectivity index (χ1v) is 11.4. The summed E-state index contributed by atoms with van der Waals surface area (Å²) >= 11 is 0. The molecule has 25 heavy (non-hydrogen) atoms. The number of hydrogen-bond donors (Lipinski definition) is 1. The van der Waals surface area contributed by atoms with Crippen molar-refractivity contribution < 1.29 is 4.48 Å². The molecule has 148 valence electrons. The van der Waals surface area contributed by atoms with Crippen LogP contribution < -0.4 is 5.73 Å². The molecule has 1 aliphatic heterocycles. The van der Waals surface area contributed by atoms with Gasteiger partial charge < -0.3 is 5.73 Å². The lowest BCUT2D eigenvalue weighted by Gasteiger charge is -2.29. The zero-order valence-electron chi connectivity index (χ0n) is 17.2. The van der Waals surface area contributed by atoms with E-state index < -0.39 is 0 Å². The first-order chi connectivity index (χ1) is 12.3. The van der Waals surface area contributed by atoms with E-state index in [2.05, 4.69) is 18.3 Å². The summed E-state index contributed by atoms with van der Waals surface area (Å²) < 4.78 is 1.05. The monoisotopic (exact) mass is 352 g/mol. The van der Waals surface area contributed by atoms with E-state index >= 15 is 0 Å². The van der Waals surface area contributed by atoms with Gasteiger partial charge in [0.2, 0.25) is 0 Å². The minimum absolute atomic E-state index is 0.782. The van der Waals surface area contributed by atoms with Crippen LogP contribution in [0.5, 0.6) is 0 Å². The molecule has 0 aromatic rings. The molecule has 0 saturated heterocycles. The molecule has 3 heteroatoms. The SMILES string of the molecule is CCCCCCCCCCCCCCCCC[N+]1(CCN)C=NCC1. The Bertz CT molecular complexity index is 316. The molecule has 3 nitrogen and oxygen atoms in total. The van der Waals surface area contributed by atoms with Crippen molar-refractivity contribution in [3.05, 3.63) is 0 Å². The normalized spacial score (nSPS) is 19.8. The molecule has 1 atom stereocenters. The highest BCUT2D eigenvalue weighted by Gasteiger charge is 2.27. The van der Waals surface area contributed by atoms with Gasteiger partial charge in [-0.05, 0) is 12.8 Å². The van der Waals surface area contributed by atoms with Crippen molar-refractivity contribution in [1.29, 1.82) is 0 Å². The summed E-state index contributed by atoms with van der Waals surface area (Å²) in [5, 5.41) is 0. The van der Waals surface area contributed by atoms with Gasteiger partial charge in [-0.3, -0.25) is 4.48 Å². The molecular weight excluding hydrogens is 306 g/mol. The second kappa shape index (κ2) is 15.8. The molecule has 1 unspecified atom stereocenters. The Morgan fingerprint density at radius 1 is 0.720 bits per heavy atom. The van der Waals surface area contributed by atoms with E-state index in [-0.39, 0.29) is 0 Å². The molecular formula is C22H46N3+. The van der Waals surface area contributed by atoms with Gasteiger partial charge in [-0.1, -0.05) is 90.4 Å². The average Bonchev–Trinajstić information content (AvgIpc) is 3.07. The molecule has 0 bridgehead atoms. The third-order valence-corrected chi connectivity index (χ3v) is 5.78. The molecule has 1 rings (SSSR count). The minimum Gasteiger partial charge on any atom is -0.326 e. The highest BCUT2D eigenvalue weighted by molar-refractivity contribution is 5.48. The van der Waals surface area contributed by atoms with Crippen LogP contribution >= 0.6 is 0 Å². The number of nitrogens with zero attached hydrogens (tertiary/aromatic N) is 2. The van der Waals surface area contributed by atoms with Gasteiger partial charge in [0.05, 0.1) is 19.6 Å². The van der Waals surface area contributed by atoms with Gasteiger partial charge in [0.15, 0.2) is 6.34 Å². The molecule has 1 aliphatic rings. The summed E-state index contributed by atoms with van der Waals surface area (Å²) in [6.45, 7) is 7.57. The predicted molar refractivity (Wildman–Crippen MR) is 112 cm³/mol. The van der Waals surface area contributed by atoms with Crippen molar-refractivity contribution in [2.45, 2.75) is 103 Å². The Morgan fingerprint density at radius 3 is 1.60 bits per heavy atom. The topological polar surface area (TPSA) is 38.4 Å². The molecule has 0 radical (unpaired) electrons. The number of aliphatic imine (C=N–C) groups is 1. The maximum Gasteiger partial charge on any atom is 0.185 e. The second-order valence-corrected chi connectivity index (χ2v) is 8.15. The third-order valence-electron chi connectivity index (χ3n) is 5.78. The van der Waals surface area contributed by atoms with Gasteiger partial charge >= 0.3 is 0 Å². The minimum atomic E-state index is 0.782. The van der Waals surface area contributed by atoms with E-state index in [0.717, 1.165) is 24.1 Å². The number of nitrogens with two attached hydrogens (primary N) is 1. The number of rotatable bonds is 18. The summed E-state index contributed by atoms with van der Waals surface area (Å²) in [4.78, 5) is 4.44. The van der Waals surface area contributed by atoms with Gasteiger partial charge in [-0.2, -0.15) is 0 Å². The smallest absolute Gasteiger partial charge is 0.185 e. The third kappa shape index (κ3) is 11.8. The van der Waals surface area contributed by atoms with Gasteiger partial charge in [0.25, 0.3) is 0 Å². The molecule has 0 aromatic carbocycles. The highest BCUT2D eigenvalue weighted by atomic mass is 15.4. The van der Waals surface area contributed by atoms with E-state index in [4.69, 9.17) is 5.73 Å². The van der Waals surface area contributed by atoms with Crippen LogP contribution in [0.4, 0.5) is 0 Å². The predicted octanol–water partition coefficient (Wildman–Crippen LogP) is 5.68. The van der Waals surface area contributed by atoms with Crippen LogP contribution in [0.2, 0.25) is 0 Å². The van der Waals surface area contributed by atoms with E-state index in [0.29, 0.717) is 0 Å². The average molecular weight is 353 g/mol. The number of quaternary nitrogens is 1. The Labute approximate surface area is 158 Å². The first-order valence-electron chi connectivity index (χ1n) is 11.4. The maximum atomic E-state index is 5.77.